The number of rotatable bonds is 3. The van der Waals surface area contributed by atoms with Crippen LogP contribution in [0.1, 0.15) is 31.4 Å². The van der Waals surface area contributed by atoms with Crippen molar-refractivity contribution >= 4 is 0 Å². The second-order valence-corrected chi connectivity index (χ2v) is 3.89. The van der Waals surface area contributed by atoms with E-state index in [1.165, 1.54) is 5.56 Å². The molecule has 0 aliphatic carbocycles. The van der Waals surface area contributed by atoms with Crippen LogP contribution in [-0.4, -0.2) is 13.2 Å². The maximum atomic E-state index is 5.54. The minimum atomic E-state index is 0.353. The fraction of sp³-hybridized carbons (Fsp3) is 0.500. The van der Waals surface area contributed by atoms with Gasteiger partial charge in [-0.15, -0.1) is 0 Å². The largest absolute Gasteiger partial charge is 0.486 e. The summed E-state index contributed by atoms with van der Waals surface area (Å²) >= 11 is 0. The Hall–Kier alpha value is -1.22. The lowest BCUT2D eigenvalue weighted by Crippen LogP contribution is -2.53. The summed E-state index contributed by atoms with van der Waals surface area (Å²) in [5.41, 5.74) is 5.39. The van der Waals surface area contributed by atoms with Crippen LogP contribution in [0, 0.1) is 0 Å². The van der Waals surface area contributed by atoms with E-state index in [0.717, 1.165) is 24.3 Å². The van der Waals surface area contributed by atoms with Crippen LogP contribution >= 0.6 is 0 Å². The average molecular weight is 208 g/mol. The first-order chi connectivity index (χ1) is 7.31. The fourth-order valence-electron chi connectivity index (χ4n) is 1.83. The molecule has 0 saturated carbocycles. The lowest BCUT2D eigenvalue weighted by atomic mass is 10.0. The van der Waals surface area contributed by atoms with E-state index >= 15 is 0 Å². The third-order valence-electron chi connectivity index (χ3n) is 2.67. The van der Waals surface area contributed by atoms with Crippen molar-refractivity contribution in [1.82, 2.24) is 0 Å². The van der Waals surface area contributed by atoms with E-state index in [1.807, 2.05) is 6.07 Å². The minimum absolute atomic E-state index is 0.353. The fourth-order valence-corrected chi connectivity index (χ4v) is 1.83. The smallest absolute Gasteiger partial charge is 0.161 e. The number of fused-ring (bicyclic) bond motifs is 1. The molecule has 82 valence electrons. The lowest BCUT2D eigenvalue weighted by Gasteiger charge is -2.19. The Balaban J connectivity index is 2.20. The highest BCUT2D eigenvalue weighted by Gasteiger charge is 2.15. The van der Waals surface area contributed by atoms with Crippen molar-refractivity contribution in [2.45, 2.75) is 25.8 Å². The van der Waals surface area contributed by atoms with E-state index in [0.29, 0.717) is 19.3 Å². The van der Waals surface area contributed by atoms with Crippen molar-refractivity contribution in [3.8, 4) is 11.5 Å². The Labute approximate surface area is 90.2 Å². The molecule has 3 N–H and O–H groups in total. The zero-order valence-corrected chi connectivity index (χ0v) is 9.16. The SMILES string of the molecule is CCC[C@H]([NH3+])c1ccc2c(c1)OCCO2. The molecule has 0 unspecified atom stereocenters. The summed E-state index contributed by atoms with van der Waals surface area (Å²) in [6.07, 6.45) is 2.27. The summed E-state index contributed by atoms with van der Waals surface area (Å²) in [5, 5.41) is 0. The molecule has 1 heterocycles. The summed E-state index contributed by atoms with van der Waals surface area (Å²) < 4.78 is 11.0. The van der Waals surface area contributed by atoms with Crippen LogP contribution in [0.25, 0.3) is 0 Å². The first-order valence-electron chi connectivity index (χ1n) is 5.54. The van der Waals surface area contributed by atoms with Gasteiger partial charge in [0.1, 0.15) is 19.3 Å². The number of hydrogen-bond acceptors (Lipinski definition) is 2. The van der Waals surface area contributed by atoms with Gasteiger partial charge < -0.3 is 15.2 Å². The van der Waals surface area contributed by atoms with Crippen molar-refractivity contribution in [2.75, 3.05) is 13.2 Å². The van der Waals surface area contributed by atoms with E-state index in [-0.39, 0.29) is 0 Å². The zero-order valence-electron chi connectivity index (χ0n) is 9.16. The van der Waals surface area contributed by atoms with Crippen LogP contribution in [0.3, 0.4) is 0 Å². The van der Waals surface area contributed by atoms with Gasteiger partial charge in [-0.25, -0.2) is 0 Å². The number of ether oxygens (including phenoxy) is 2. The molecule has 2 rings (SSSR count). The molecular formula is C12H18NO2+. The Bertz CT molecular complexity index is 338. The predicted molar refractivity (Wildman–Crippen MR) is 58.0 cm³/mol. The van der Waals surface area contributed by atoms with E-state index in [2.05, 4.69) is 24.8 Å². The van der Waals surface area contributed by atoms with Gasteiger partial charge in [0, 0.05) is 12.0 Å². The Morgan fingerprint density at radius 1 is 1.27 bits per heavy atom. The van der Waals surface area contributed by atoms with Gasteiger partial charge in [-0.05, 0) is 18.2 Å². The summed E-state index contributed by atoms with van der Waals surface area (Å²) in [5.74, 6) is 1.72. The summed E-state index contributed by atoms with van der Waals surface area (Å²) in [6.45, 7) is 3.47. The van der Waals surface area contributed by atoms with Gasteiger partial charge in [-0.3, -0.25) is 0 Å². The van der Waals surface area contributed by atoms with Gasteiger partial charge in [0.05, 0.1) is 0 Å². The van der Waals surface area contributed by atoms with Crippen molar-refractivity contribution in [1.29, 1.82) is 0 Å². The summed E-state index contributed by atoms with van der Waals surface area (Å²) in [6, 6.07) is 6.48. The molecule has 1 aliphatic heterocycles. The Morgan fingerprint density at radius 3 is 2.73 bits per heavy atom. The van der Waals surface area contributed by atoms with Crippen LogP contribution in [0.5, 0.6) is 11.5 Å². The summed E-state index contributed by atoms with van der Waals surface area (Å²) in [4.78, 5) is 0. The third kappa shape index (κ3) is 2.23. The molecule has 0 radical (unpaired) electrons. The molecule has 1 aromatic carbocycles. The van der Waals surface area contributed by atoms with Crippen LogP contribution < -0.4 is 15.2 Å². The van der Waals surface area contributed by atoms with Crippen LogP contribution in [-0.2, 0) is 0 Å². The normalized spacial score (nSPS) is 16.1. The Morgan fingerprint density at radius 2 is 2.00 bits per heavy atom. The Kier molecular flexibility index (Phi) is 3.11. The van der Waals surface area contributed by atoms with Crippen LogP contribution in [0.4, 0.5) is 0 Å². The van der Waals surface area contributed by atoms with Gasteiger partial charge in [-0.2, -0.15) is 0 Å². The van der Waals surface area contributed by atoms with Gasteiger partial charge >= 0.3 is 0 Å². The molecule has 1 aromatic rings. The molecule has 0 aromatic heterocycles. The molecular weight excluding hydrogens is 190 g/mol. The quantitative estimate of drug-likeness (QED) is 0.819. The van der Waals surface area contributed by atoms with Crippen molar-refractivity contribution in [3.63, 3.8) is 0 Å². The maximum absolute atomic E-state index is 5.54. The lowest BCUT2D eigenvalue weighted by molar-refractivity contribution is -0.428. The topological polar surface area (TPSA) is 46.1 Å². The number of quaternary nitrogens is 1. The van der Waals surface area contributed by atoms with E-state index in [4.69, 9.17) is 9.47 Å². The monoisotopic (exact) mass is 208 g/mol. The first kappa shape index (κ1) is 10.3. The van der Waals surface area contributed by atoms with E-state index < -0.39 is 0 Å². The highest BCUT2D eigenvalue weighted by molar-refractivity contribution is 5.44. The van der Waals surface area contributed by atoms with Crippen molar-refractivity contribution in [3.05, 3.63) is 23.8 Å². The zero-order chi connectivity index (χ0) is 10.7. The van der Waals surface area contributed by atoms with Gasteiger partial charge in [0.2, 0.25) is 0 Å². The molecule has 0 fully saturated rings. The molecule has 3 heteroatoms. The molecule has 0 bridgehead atoms. The molecule has 15 heavy (non-hydrogen) atoms. The summed E-state index contributed by atoms with van der Waals surface area (Å²) in [7, 11) is 0. The predicted octanol–water partition coefficient (Wildman–Crippen LogP) is 1.54. The molecule has 0 saturated heterocycles. The van der Waals surface area contributed by atoms with Gasteiger partial charge in [0.25, 0.3) is 0 Å². The minimum Gasteiger partial charge on any atom is -0.486 e. The molecule has 1 aliphatic rings. The van der Waals surface area contributed by atoms with E-state index in [9.17, 15) is 0 Å². The van der Waals surface area contributed by atoms with Crippen LogP contribution in [0.15, 0.2) is 18.2 Å². The molecule has 1 atom stereocenters. The first-order valence-corrected chi connectivity index (χ1v) is 5.54. The van der Waals surface area contributed by atoms with Crippen LogP contribution in [0.2, 0.25) is 0 Å². The molecule has 3 nitrogen and oxygen atoms in total. The van der Waals surface area contributed by atoms with E-state index in [1.54, 1.807) is 0 Å². The van der Waals surface area contributed by atoms with Gasteiger partial charge in [0.15, 0.2) is 11.5 Å². The van der Waals surface area contributed by atoms with Crippen molar-refractivity contribution < 1.29 is 15.2 Å². The molecule has 0 amide bonds. The second kappa shape index (κ2) is 4.53. The highest BCUT2D eigenvalue weighted by Crippen LogP contribution is 2.32. The standard InChI is InChI=1S/C12H17NO2/c1-2-3-10(13)9-4-5-11-12(8-9)15-7-6-14-11/h4-5,8,10H,2-3,6-7,13H2,1H3/p+1/t10-/m0/s1. The number of hydrogen-bond donors (Lipinski definition) is 1. The number of benzene rings is 1. The maximum Gasteiger partial charge on any atom is 0.161 e. The van der Waals surface area contributed by atoms with Gasteiger partial charge in [-0.1, -0.05) is 13.3 Å². The second-order valence-electron chi connectivity index (χ2n) is 3.89. The molecule has 0 spiro atoms. The van der Waals surface area contributed by atoms with Crippen molar-refractivity contribution in [2.24, 2.45) is 0 Å². The average Bonchev–Trinajstić information content (AvgIpc) is 2.29. The third-order valence-corrected chi connectivity index (χ3v) is 2.67. The highest BCUT2D eigenvalue weighted by atomic mass is 16.6.